The molecular formula is C22H23N3O3. The standard InChI is InChI=1S/C22H23N3O3/c1-14-6-5-7-18(15(14)2)25-22(26)20-12-16(10-11-23-20)24-19-9-8-17(27-3)13-21(19)28-4/h5-13H,1-4H3,(H,23,24)(H,25,26). The molecular weight excluding hydrogens is 354 g/mol. The minimum atomic E-state index is -0.265. The molecule has 0 aliphatic heterocycles. The number of nitrogens with one attached hydrogen (secondary N) is 2. The van der Waals surface area contributed by atoms with E-state index in [1.54, 1.807) is 38.6 Å². The van der Waals surface area contributed by atoms with E-state index in [1.807, 2.05) is 44.2 Å². The van der Waals surface area contributed by atoms with Crippen LogP contribution in [0, 0.1) is 13.8 Å². The molecule has 2 aromatic carbocycles. The van der Waals surface area contributed by atoms with Crippen LogP contribution in [0.5, 0.6) is 11.5 Å². The van der Waals surface area contributed by atoms with E-state index in [9.17, 15) is 4.79 Å². The van der Waals surface area contributed by atoms with E-state index in [1.165, 1.54) is 0 Å². The number of benzene rings is 2. The number of carbonyl (C=O) groups is 1. The Labute approximate surface area is 164 Å². The van der Waals surface area contributed by atoms with Gasteiger partial charge in [0.25, 0.3) is 5.91 Å². The summed E-state index contributed by atoms with van der Waals surface area (Å²) in [5.41, 5.74) is 4.74. The zero-order valence-electron chi connectivity index (χ0n) is 16.4. The number of hydrogen-bond acceptors (Lipinski definition) is 5. The Balaban J connectivity index is 1.80. The zero-order valence-corrected chi connectivity index (χ0v) is 16.4. The molecule has 1 heterocycles. The maximum atomic E-state index is 12.6. The molecule has 1 aromatic heterocycles. The molecule has 1 amide bonds. The van der Waals surface area contributed by atoms with Gasteiger partial charge >= 0.3 is 0 Å². The van der Waals surface area contributed by atoms with Crippen LogP contribution in [0.15, 0.2) is 54.7 Å². The summed E-state index contributed by atoms with van der Waals surface area (Å²) >= 11 is 0. The molecule has 0 aliphatic rings. The highest BCUT2D eigenvalue weighted by Crippen LogP contribution is 2.31. The number of ether oxygens (including phenoxy) is 2. The normalized spacial score (nSPS) is 10.3. The molecule has 0 radical (unpaired) electrons. The number of amides is 1. The van der Waals surface area contributed by atoms with Gasteiger partial charge in [-0.3, -0.25) is 9.78 Å². The minimum Gasteiger partial charge on any atom is -0.497 e. The quantitative estimate of drug-likeness (QED) is 0.651. The van der Waals surface area contributed by atoms with Crippen LogP contribution in [0.3, 0.4) is 0 Å². The fourth-order valence-corrected chi connectivity index (χ4v) is 2.76. The third-order valence-corrected chi connectivity index (χ3v) is 4.53. The van der Waals surface area contributed by atoms with Crippen molar-refractivity contribution in [3.8, 4) is 11.5 Å². The highest BCUT2D eigenvalue weighted by atomic mass is 16.5. The van der Waals surface area contributed by atoms with Gasteiger partial charge in [-0.1, -0.05) is 12.1 Å². The topological polar surface area (TPSA) is 72.5 Å². The summed E-state index contributed by atoms with van der Waals surface area (Å²) in [7, 11) is 3.20. The Bertz CT molecular complexity index is 1000. The van der Waals surface area contributed by atoms with Crippen LogP contribution in [0.2, 0.25) is 0 Å². The predicted molar refractivity (Wildman–Crippen MR) is 111 cm³/mol. The molecule has 0 fully saturated rings. The molecule has 0 aliphatic carbocycles. The van der Waals surface area contributed by atoms with E-state index in [0.717, 1.165) is 28.2 Å². The average molecular weight is 377 g/mol. The van der Waals surface area contributed by atoms with Crippen molar-refractivity contribution in [3.63, 3.8) is 0 Å². The number of pyridine rings is 1. The maximum absolute atomic E-state index is 12.6. The summed E-state index contributed by atoms with van der Waals surface area (Å²) in [5.74, 6) is 1.07. The second kappa shape index (κ2) is 8.43. The van der Waals surface area contributed by atoms with Crippen LogP contribution in [0.4, 0.5) is 17.1 Å². The van der Waals surface area contributed by atoms with Crippen molar-refractivity contribution in [2.45, 2.75) is 13.8 Å². The van der Waals surface area contributed by atoms with Gasteiger partial charge in [0.05, 0.1) is 19.9 Å². The highest BCUT2D eigenvalue weighted by molar-refractivity contribution is 6.03. The van der Waals surface area contributed by atoms with E-state index in [0.29, 0.717) is 17.2 Å². The van der Waals surface area contributed by atoms with Crippen LogP contribution in [-0.4, -0.2) is 25.1 Å². The van der Waals surface area contributed by atoms with Crippen molar-refractivity contribution in [1.29, 1.82) is 0 Å². The first-order valence-electron chi connectivity index (χ1n) is 8.84. The van der Waals surface area contributed by atoms with Gasteiger partial charge in [-0.2, -0.15) is 0 Å². The lowest BCUT2D eigenvalue weighted by Crippen LogP contribution is -2.14. The molecule has 3 aromatic rings. The van der Waals surface area contributed by atoms with E-state index >= 15 is 0 Å². The van der Waals surface area contributed by atoms with E-state index in [2.05, 4.69) is 15.6 Å². The van der Waals surface area contributed by atoms with Crippen molar-refractivity contribution < 1.29 is 14.3 Å². The summed E-state index contributed by atoms with van der Waals surface area (Å²) in [4.78, 5) is 16.8. The number of rotatable bonds is 6. The smallest absolute Gasteiger partial charge is 0.274 e. The molecule has 0 atom stereocenters. The minimum absolute atomic E-state index is 0.265. The number of hydrogen-bond donors (Lipinski definition) is 2. The Kier molecular flexibility index (Phi) is 5.79. The Hall–Kier alpha value is -3.54. The monoisotopic (exact) mass is 377 g/mol. The summed E-state index contributed by atoms with van der Waals surface area (Å²) in [6, 6.07) is 14.8. The first-order chi connectivity index (χ1) is 13.5. The van der Waals surface area contributed by atoms with Crippen LogP contribution in [-0.2, 0) is 0 Å². The zero-order chi connectivity index (χ0) is 20.1. The third-order valence-electron chi connectivity index (χ3n) is 4.53. The number of aromatic nitrogens is 1. The lowest BCUT2D eigenvalue weighted by Gasteiger charge is -2.13. The Morgan fingerprint density at radius 2 is 1.79 bits per heavy atom. The van der Waals surface area contributed by atoms with Crippen LogP contribution < -0.4 is 20.1 Å². The summed E-state index contributed by atoms with van der Waals surface area (Å²) in [6.07, 6.45) is 1.59. The number of carbonyl (C=O) groups excluding carboxylic acids is 1. The van der Waals surface area contributed by atoms with E-state index in [4.69, 9.17) is 9.47 Å². The maximum Gasteiger partial charge on any atom is 0.274 e. The third kappa shape index (κ3) is 4.23. The Morgan fingerprint density at radius 3 is 2.54 bits per heavy atom. The summed E-state index contributed by atoms with van der Waals surface area (Å²) in [6.45, 7) is 3.99. The summed E-state index contributed by atoms with van der Waals surface area (Å²) in [5, 5.41) is 6.18. The van der Waals surface area contributed by atoms with Crippen LogP contribution in [0.1, 0.15) is 21.6 Å². The number of aryl methyl sites for hydroxylation is 1. The lowest BCUT2D eigenvalue weighted by atomic mass is 10.1. The molecule has 0 bridgehead atoms. The number of anilines is 3. The number of methoxy groups -OCH3 is 2. The van der Waals surface area contributed by atoms with Gasteiger partial charge < -0.3 is 20.1 Å². The largest absolute Gasteiger partial charge is 0.497 e. The van der Waals surface area contributed by atoms with Crippen molar-refractivity contribution in [2.24, 2.45) is 0 Å². The first-order valence-corrected chi connectivity index (χ1v) is 8.84. The number of nitrogens with zero attached hydrogens (tertiary/aromatic N) is 1. The molecule has 144 valence electrons. The molecule has 6 heteroatoms. The molecule has 0 unspecified atom stereocenters. The van der Waals surface area contributed by atoms with Gasteiger partial charge in [-0.15, -0.1) is 0 Å². The van der Waals surface area contributed by atoms with Crippen molar-refractivity contribution in [1.82, 2.24) is 4.98 Å². The SMILES string of the molecule is COc1ccc(Nc2ccnc(C(=O)Nc3cccc(C)c3C)c2)c(OC)c1. The van der Waals surface area contributed by atoms with Crippen LogP contribution >= 0.6 is 0 Å². The molecule has 0 saturated carbocycles. The second-order valence-electron chi connectivity index (χ2n) is 6.32. The van der Waals surface area contributed by atoms with Crippen molar-refractivity contribution in [3.05, 3.63) is 71.5 Å². The van der Waals surface area contributed by atoms with Crippen molar-refractivity contribution in [2.75, 3.05) is 24.9 Å². The summed E-state index contributed by atoms with van der Waals surface area (Å²) < 4.78 is 10.6. The lowest BCUT2D eigenvalue weighted by molar-refractivity contribution is 0.102. The molecule has 6 nitrogen and oxygen atoms in total. The van der Waals surface area contributed by atoms with Gasteiger partial charge in [0.2, 0.25) is 0 Å². The molecule has 28 heavy (non-hydrogen) atoms. The molecule has 3 rings (SSSR count). The highest BCUT2D eigenvalue weighted by Gasteiger charge is 2.12. The average Bonchev–Trinajstić information content (AvgIpc) is 2.72. The van der Waals surface area contributed by atoms with Gasteiger partial charge in [-0.05, 0) is 55.3 Å². The van der Waals surface area contributed by atoms with Gasteiger partial charge in [-0.25, -0.2) is 0 Å². The fourth-order valence-electron chi connectivity index (χ4n) is 2.76. The molecule has 2 N–H and O–H groups in total. The fraction of sp³-hybridized carbons (Fsp3) is 0.182. The van der Waals surface area contributed by atoms with Crippen LogP contribution in [0.25, 0.3) is 0 Å². The van der Waals surface area contributed by atoms with Gasteiger partial charge in [0, 0.05) is 23.6 Å². The van der Waals surface area contributed by atoms with Crippen molar-refractivity contribution >= 4 is 23.0 Å². The molecule has 0 spiro atoms. The predicted octanol–water partition coefficient (Wildman–Crippen LogP) is 4.71. The second-order valence-corrected chi connectivity index (χ2v) is 6.32. The van der Waals surface area contributed by atoms with Gasteiger partial charge in [0.15, 0.2) is 0 Å². The Morgan fingerprint density at radius 1 is 0.964 bits per heavy atom. The first kappa shape index (κ1) is 19.2. The van der Waals surface area contributed by atoms with E-state index < -0.39 is 0 Å². The molecule has 0 saturated heterocycles. The van der Waals surface area contributed by atoms with E-state index in [-0.39, 0.29) is 5.91 Å². The van der Waals surface area contributed by atoms with Gasteiger partial charge in [0.1, 0.15) is 17.2 Å².